The topological polar surface area (TPSA) is 39.7 Å². The van der Waals surface area contributed by atoms with Crippen molar-refractivity contribution >= 4 is 44.8 Å². The Bertz CT molecular complexity index is 1250. The molecule has 3 aromatic rings. The molecule has 0 unspecified atom stereocenters. The van der Waals surface area contributed by atoms with E-state index in [0.717, 1.165) is 44.0 Å². The first-order valence-corrected chi connectivity index (χ1v) is 12.6. The maximum Gasteiger partial charge on any atom is 0.175 e. The molecule has 34 heavy (non-hydrogen) atoms. The van der Waals surface area contributed by atoms with E-state index >= 15 is 0 Å². The molecule has 3 aromatic carbocycles. The van der Waals surface area contributed by atoms with Gasteiger partial charge >= 0.3 is 0 Å². The number of allylic oxidation sites excluding steroid dienone is 2. The van der Waals surface area contributed by atoms with Crippen LogP contribution in [-0.4, -0.2) is 14.2 Å². The van der Waals surface area contributed by atoms with Crippen LogP contribution in [-0.2, 0) is 6.61 Å². The minimum Gasteiger partial charge on any atom is -0.495 e. The summed E-state index contributed by atoms with van der Waals surface area (Å²) in [7, 11) is 3.34. The Morgan fingerprint density at radius 1 is 1.00 bits per heavy atom. The van der Waals surface area contributed by atoms with Gasteiger partial charge in [-0.2, -0.15) is 0 Å². The molecule has 4 nitrogen and oxygen atoms in total. The number of halogens is 3. The fourth-order valence-corrected chi connectivity index (χ4v) is 5.92. The van der Waals surface area contributed by atoms with E-state index in [4.69, 9.17) is 37.4 Å². The smallest absolute Gasteiger partial charge is 0.175 e. The van der Waals surface area contributed by atoms with E-state index in [1.165, 1.54) is 0 Å². The molecule has 0 bridgehead atoms. The molecule has 3 atom stereocenters. The predicted octanol–water partition coefficient (Wildman–Crippen LogP) is 8.18. The zero-order valence-corrected chi connectivity index (χ0v) is 21.9. The van der Waals surface area contributed by atoms with E-state index in [9.17, 15) is 0 Å². The molecular weight excluding hydrogens is 537 g/mol. The minimum absolute atomic E-state index is 0.0513. The van der Waals surface area contributed by atoms with Gasteiger partial charge in [0, 0.05) is 21.5 Å². The number of methoxy groups -OCH3 is 2. The summed E-state index contributed by atoms with van der Waals surface area (Å²) in [5, 5.41) is 5.18. The number of anilines is 1. The van der Waals surface area contributed by atoms with E-state index in [0.29, 0.717) is 29.0 Å². The zero-order valence-electron chi connectivity index (χ0n) is 18.8. The predicted molar refractivity (Wildman–Crippen MR) is 141 cm³/mol. The van der Waals surface area contributed by atoms with Gasteiger partial charge in [-0.05, 0) is 75.8 Å². The third-order valence-corrected chi connectivity index (χ3v) is 7.73. The average molecular weight is 561 g/mol. The molecule has 7 heteroatoms. The highest BCUT2D eigenvalue weighted by Gasteiger charge is 2.40. The van der Waals surface area contributed by atoms with Crippen molar-refractivity contribution in [3.05, 3.63) is 91.9 Å². The van der Waals surface area contributed by atoms with Gasteiger partial charge in [-0.25, -0.2) is 0 Å². The lowest BCUT2D eigenvalue weighted by atomic mass is 9.76. The lowest BCUT2D eigenvalue weighted by Crippen LogP contribution is -2.29. The van der Waals surface area contributed by atoms with E-state index < -0.39 is 0 Å². The maximum atomic E-state index is 6.64. The lowest BCUT2D eigenvalue weighted by molar-refractivity contribution is 0.282. The van der Waals surface area contributed by atoms with Crippen molar-refractivity contribution in [3.63, 3.8) is 0 Å². The maximum absolute atomic E-state index is 6.64. The van der Waals surface area contributed by atoms with E-state index in [1.807, 2.05) is 36.4 Å². The van der Waals surface area contributed by atoms with Gasteiger partial charge in [0.1, 0.15) is 12.4 Å². The molecule has 0 fully saturated rings. The van der Waals surface area contributed by atoms with E-state index in [2.05, 4.69) is 45.5 Å². The van der Waals surface area contributed by atoms with Crippen molar-refractivity contribution in [2.24, 2.45) is 5.92 Å². The van der Waals surface area contributed by atoms with Gasteiger partial charge in [0.15, 0.2) is 11.5 Å². The van der Waals surface area contributed by atoms with Gasteiger partial charge < -0.3 is 19.5 Å². The number of fused-ring (bicyclic) bond motifs is 3. The van der Waals surface area contributed by atoms with Crippen molar-refractivity contribution in [1.82, 2.24) is 0 Å². The van der Waals surface area contributed by atoms with Gasteiger partial charge in [0.25, 0.3) is 0 Å². The quantitative estimate of drug-likeness (QED) is 0.308. The number of rotatable bonds is 6. The van der Waals surface area contributed by atoms with Gasteiger partial charge in [0.2, 0.25) is 0 Å². The van der Waals surface area contributed by atoms with Gasteiger partial charge in [-0.1, -0.05) is 47.5 Å². The van der Waals surface area contributed by atoms with Gasteiger partial charge in [-0.15, -0.1) is 0 Å². The molecule has 1 heterocycles. The largest absolute Gasteiger partial charge is 0.495 e. The molecule has 0 aromatic heterocycles. The summed E-state index contributed by atoms with van der Waals surface area (Å²) in [5.74, 6) is 2.67. The van der Waals surface area contributed by atoms with Crippen molar-refractivity contribution in [2.45, 2.75) is 25.0 Å². The third-order valence-electron chi connectivity index (χ3n) is 6.56. The summed E-state index contributed by atoms with van der Waals surface area (Å²) in [6.45, 7) is 0.408. The zero-order chi connectivity index (χ0) is 23.8. The van der Waals surface area contributed by atoms with Crippen molar-refractivity contribution < 1.29 is 14.2 Å². The van der Waals surface area contributed by atoms with Crippen LogP contribution < -0.4 is 19.5 Å². The van der Waals surface area contributed by atoms with Crippen LogP contribution >= 0.6 is 39.1 Å². The second kappa shape index (κ2) is 9.73. The third kappa shape index (κ3) is 4.26. The molecule has 1 aliphatic heterocycles. The Labute approximate surface area is 217 Å². The normalized spacial score (nSPS) is 20.3. The number of nitrogens with one attached hydrogen (secondary N) is 1. The molecule has 0 radical (unpaired) electrons. The second-order valence-electron chi connectivity index (χ2n) is 8.46. The molecule has 1 aliphatic carbocycles. The van der Waals surface area contributed by atoms with Crippen LogP contribution in [0.2, 0.25) is 10.0 Å². The van der Waals surface area contributed by atoms with Crippen LogP contribution in [0.4, 0.5) is 5.69 Å². The summed E-state index contributed by atoms with van der Waals surface area (Å²) in [4.78, 5) is 0. The van der Waals surface area contributed by atoms with Crippen LogP contribution in [0, 0.1) is 5.92 Å². The Balaban J connectivity index is 1.48. The molecule has 0 amide bonds. The Hall–Kier alpha value is -2.34. The molecule has 2 aliphatic rings. The second-order valence-corrected chi connectivity index (χ2v) is 10.2. The van der Waals surface area contributed by atoms with Gasteiger partial charge in [0.05, 0.1) is 30.4 Å². The van der Waals surface area contributed by atoms with E-state index in [-0.39, 0.29) is 12.0 Å². The SMILES string of the molecule is COc1ccc(Cl)c2c1N[C@@H](c1cc(Br)c(OCc3ccc(Cl)cc3)c(OC)c1)[C@H]1CC=C[C@@H]21. The number of hydrogen-bond donors (Lipinski definition) is 1. The summed E-state index contributed by atoms with van der Waals surface area (Å²) in [6.07, 6.45) is 5.47. The van der Waals surface area contributed by atoms with Crippen molar-refractivity contribution in [1.29, 1.82) is 0 Å². The van der Waals surface area contributed by atoms with Crippen LogP contribution in [0.5, 0.6) is 17.2 Å². The minimum atomic E-state index is 0.0513. The average Bonchev–Trinajstić information content (AvgIpc) is 3.33. The Kier molecular flexibility index (Phi) is 6.70. The molecular formula is C27H24BrCl2NO3. The standard InChI is InChI=1S/C27H24BrCl2NO3/c1-32-22-11-10-21(30)24-18-4-3-5-19(18)25(31-26(22)24)16-12-20(28)27(23(13-16)33-2)34-14-15-6-8-17(29)9-7-15/h3-4,6-13,18-19,25,31H,5,14H2,1-2H3/t18-,19+,25+/m1/s1. The molecule has 176 valence electrons. The lowest BCUT2D eigenvalue weighted by Gasteiger charge is -2.38. The molecule has 0 saturated carbocycles. The summed E-state index contributed by atoms with van der Waals surface area (Å²) < 4.78 is 18.4. The fourth-order valence-electron chi connectivity index (χ4n) is 4.93. The highest BCUT2D eigenvalue weighted by Crippen LogP contribution is 2.55. The van der Waals surface area contributed by atoms with Crippen molar-refractivity contribution in [3.8, 4) is 17.2 Å². The first-order chi connectivity index (χ1) is 16.5. The summed E-state index contributed by atoms with van der Waals surface area (Å²) in [5.41, 5.74) is 4.18. The van der Waals surface area contributed by atoms with Crippen LogP contribution in [0.15, 0.2) is 65.2 Å². The summed E-state index contributed by atoms with van der Waals surface area (Å²) >= 11 is 16.4. The monoisotopic (exact) mass is 559 g/mol. The fraction of sp³-hybridized carbons (Fsp3) is 0.259. The first kappa shape index (κ1) is 23.4. The van der Waals surface area contributed by atoms with Crippen LogP contribution in [0.3, 0.4) is 0 Å². The number of hydrogen-bond acceptors (Lipinski definition) is 4. The highest BCUT2D eigenvalue weighted by atomic mass is 79.9. The summed E-state index contributed by atoms with van der Waals surface area (Å²) in [6, 6.07) is 15.6. The number of ether oxygens (including phenoxy) is 3. The molecule has 0 spiro atoms. The molecule has 1 N–H and O–H groups in total. The Morgan fingerprint density at radius 2 is 1.76 bits per heavy atom. The van der Waals surface area contributed by atoms with Crippen molar-refractivity contribution in [2.75, 3.05) is 19.5 Å². The molecule has 5 rings (SSSR count). The molecule has 0 saturated heterocycles. The first-order valence-electron chi connectivity index (χ1n) is 11.0. The highest BCUT2D eigenvalue weighted by molar-refractivity contribution is 9.10. The van der Waals surface area contributed by atoms with E-state index in [1.54, 1.807) is 14.2 Å². The van der Waals surface area contributed by atoms with Crippen LogP contribution in [0.1, 0.15) is 35.1 Å². The van der Waals surface area contributed by atoms with Crippen LogP contribution in [0.25, 0.3) is 0 Å². The Morgan fingerprint density at radius 3 is 2.50 bits per heavy atom. The van der Waals surface area contributed by atoms with Gasteiger partial charge in [-0.3, -0.25) is 0 Å². The number of benzene rings is 3.